The lowest BCUT2D eigenvalue weighted by Gasteiger charge is -2.26. The first kappa shape index (κ1) is 16.3. The van der Waals surface area contributed by atoms with Crippen molar-refractivity contribution >= 4 is 12.4 Å². The van der Waals surface area contributed by atoms with Crippen LogP contribution in [0.2, 0.25) is 0 Å². The standard InChI is InChI=1S/C16H25NO.ClH/c1-12-10-13(16(2,3)4)7-8-15(12)18-14-6-5-9-17-11-14;/h7-8,10,14,17H,5-6,9,11H2,1-4H3;1H. The van der Waals surface area contributed by atoms with Crippen LogP contribution in [0.15, 0.2) is 18.2 Å². The van der Waals surface area contributed by atoms with Crippen molar-refractivity contribution in [2.75, 3.05) is 13.1 Å². The number of hydrogen-bond donors (Lipinski definition) is 1. The van der Waals surface area contributed by atoms with E-state index in [9.17, 15) is 0 Å². The van der Waals surface area contributed by atoms with E-state index in [0.717, 1.165) is 25.3 Å². The molecule has 0 radical (unpaired) electrons. The van der Waals surface area contributed by atoms with Crippen LogP contribution < -0.4 is 10.1 Å². The van der Waals surface area contributed by atoms with Gasteiger partial charge in [-0.05, 0) is 48.9 Å². The molecule has 19 heavy (non-hydrogen) atoms. The molecule has 1 unspecified atom stereocenters. The van der Waals surface area contributed by atoms with Crippen molar-refractivity contribution in [1.29, 1.82) is 0 Å². The van der Waals surface area contributed by atoms with E-state index in [4.69, 9.17) is 4.74 Å². The van der Waals surface area contributed by atoms with Crippen molar-refractivity contribution in [3.8, 4) is 5.75 Å². The van der Waals surface area contributed by atoms with Crippen LogP contribution in [0, 0.1) is 6.92 Å². The number of halogens is 1. The van der Waals surface area contributed by atoms with Crippen LogP contribution in [0.5, 0.6) is 5.75 Å². The Morgan fingerprint density at radius 3 is 2.53 bits per heavy atom. The Hall–Kier alpha value is -0.730. The Balaban J connectivity index is 0.00000180. The van der Waals surface area contributed by atoms with Gasteiger partial charge in [-0.2, -0.15) is 0 Å². The Bertz CT molecular complexity index is 406. The van der Waals surface area contributed by atoms with Crippen LogP contribution in [-0.4, -0.2) is 19.2 Å². The van der Waals surface area contributed by atoms with Crippen molar-refractivity contribution in [2.24, 2.45) is 0 Å². The molecule has 0 aromatic heterocycles. The number of hydrogen-bond acceptors (Lipinski definition) is 2. The van der Waals surface area contributed by atoms with Gasteiger partial charge in [0, 0.05) is 6.54 Å². The fourth-order valence-electron chi connectivity index (χ4n) is 2.35. The molecule has 1 aromatic carbocycles. The van der Waals surface area contributed by atoms with Gasteiger partial charge in [-0.15, -0.1) is 12.4 Å². The highest BCUT2D eigenvalue weighted by molar-refractivity contribution is 5.85. The summed E-state index contributed by atoms with van der Waals surface area (Å²) in [5, 5.41) is 3.39. The van der Waals surface area contributed by atoms with Crippen molar-refractivity contribution in [2.45, 2.75) is 52.1 Å². The molecule has 1 N–H and O–H groups in total. The third-order valence-corrected chi connectivity index (χ3v) is 3.59. The summed E-state index contributed by atoms with van der Waals surface area (Å²) < 4.78 is 6.09. The van der Waals surface area contributed by atoms with Crippen molar-refractivity contribution < 1.29 is 4.74 Å². The van der Waals surface area contributed by atoms with E-state index < -0.39 is 0 Å². The minimum atomic E-state index is 0. The molecular formula is C16H26ClNO. The molecule has 1 atom stereocenters. The summed E-state index contributed by atoms with van der Waals surface area (Å²) in [6, 6.07) is 6.58. The van der Waals surface area contributed by atoms with Gasteiger partial charge in [0.2, 0.25) is 0 Å². The van der Waals surface area contributed by atoms with Gasteiger partial charge in [0.05, 0.1) is 0 Å². The minimum absolute atomic E-state index is 0. The van der Waals surface area contributed by atoms with Crippen molar-refractivity contribution in [3.05, 3.63) is 29.3 Å². The van der Waals surface area contributed by atoms with Gasteiger partial charge in [-0.1, -0.05) is 32.9 Å². The Labute approximate surface area is 123 Å². The number of piperidine rings is 1. The lowest BCUT2D eigenvalue weighted by atomic mass is 9.86. The molecule has 0 spiro atoms. The summed E-state index contributed by atoms with van der Waals surface area (Å²) in [6.45, 7) is 11.0. The predicted octanol–water partition coefficient (Wildman–Crippen LogP) is 3.85. The zero-order valence-electron chi connectivity index (χ0n) is 12.5. The van der Waals surface area contributed by atoms with Crippen LogP contribution in [0.4, 0.5) is 0 Å². The molecular weight excluding hydrogens is 258 g/mol. The summed E-state index contributed by atoms with van der Waals surface area (Å²) in [6.07, 6.45) is 2.70. The zero-order valence-corrected chi connectivity index (χ0v) is 13.3. The fraction of sp³-hybridized carbons (Fsp3) is 0.625. The molecule has 3 heteroatoms. The first-order valence-electron chi connectivity index (χ1n) is 6.95. The summed E-state index contributed by atoms with van der Waals surface area (Å²) >= 11 is 0. The second-order valence-electron chi connectivity index (χ2n) is 6.32. The summed E-state index contributed by atoms with van der Waals surface area (Å²) in [7, 11) is 0. The summed E-state index contributed by atoms with van der Waals surface area (Å²) in [5.41, 5.74) is 2.82. The fourth-order valence-corrected chi connectivity index (χ4v) is 2.35. The molecule has 1 fully saturated rings. The van der Waals surface area contributed by atoms with Gasteiger partial charge >= 0.3 is 0 Å². The van der Waals surface area contributed by atoms with Gasteiger partial charge in [0.1, 0.15) is 11.9 Å². The maximum Gasteiger partial charge on any atom is 0.122 e. The van der Waals surface area contributed by atoms with E-state index >= 15 is 0 Å². The van der Waals surface area contributed by atoms with Crippen LogP contribution in [0.1, 0.15) is 44.7 Å². The lowest BCUT2D eigenvalue weighted by molar-refractivity contribution is 0.166. The maximum absolute atomic E-state index is 6.09. The van der Waals surface area contributed by atoms with E-state index in [-0.39, 0.29) is 17.8 Å². The molecule has 1 aliphatic heterocycles. The van der Waals surface area contributed by atoms with Crippen molar-refractivity contribution in [3.63, 3.8) is 0 Å². The van der Waals surface area contributed by atoms with Gasteiger partial charge in [-0.25, -0.2) is 0 Å². The second-order valence-corrected chi connectivity index (χ2v) is 6.32. The number of aryl methyl sites for hydroxylation is 1. The molecule has 1 aliphatic rings. The van der Waals surface area contributed by atoms with Crippen LogP contribution >= 0.6 is 12.4 Å². The van der Waals surface area contributed by atoms with Crippen LogP contribution in [0.25, 0.3) is 0 Å². The van der Waals surface area contributed by atoms with Crippen molar-refractivity contribution in [1.82, 2.24) is 5.32 Å². The number of rotatable bonds is 2. The third-order valence-electron chi connectivity index (χ3n) is 3.59. The average molecular weight is 284 g/mol. The monoisotopic (exact) mass is 283 g/mol. The molecule has 0 bridgehead atoms. The largest absolute Gasteiger partial charge is 0.489 e. The van der Waals surface area contributed by atoms with Gasteiger partial charge in [0.25, 0.3) is 0 Å². The van der Waals surface area contributed by atoms with E-state index in [1.807, 2.05) is 0 Å². The second kappa shape index (κ2) is 6.62. The smallest absolute Gasteiger partial charge is 0.122 e. The van der Waals surface area contributed by atoms with E-state index in [1.54, 1.807) is 0 Å². The highest BCUT2D eigenvalue weighted by Crippen LogP contribution is 2.28. The number of nitrogens with one attached hydrogen (secondary N) is 1. The highest BCUT2D eigenvalue weighted by Gasteiger charge is 2.17. The molecule has 1 saturated heterocycles. The molecule has 1 aromatic rings. The summed E-state index contributed by atoms with van der Waals surface area (Å²) in [4.78, 5) is 0. The SMILES string of the molecule is Cc1cc(C(C)(C)C)ccc1OC1CCCNC1.Cl. The normalized spacial score (nSPS) is 19.7. The zero-order chi connectivity index (χ0) is 13.2. The molecule has 2 nitrogen and oxygen atoms in total. The molecule has 2 rings (SSSR count). The van der Waals surface area contributed by atoms with Gasteiger partial charge in [-0.3, -0.25) is 0 Å². The maximum atomic E-state index is 6.09. The molecule has 108 valence electrons. The Kier molecular flexibility index (Phi) is 5.69. The Morgan fingerprint density at radius 1 is 1.26 bits per heavy atom. The number of benzene rings is 1. The predicted molar refractivity (Wildman–Crippen MR) is 83.6 cm³/mol. The first-order chi connectivity index (χ1) is 8.47. The molecule has 1 heterocycles. The number of ether oxygens (including phenoxy) is 1. The van der Waals surface area contributed by atoms with Crippen LogP contribution in [0.3, 0.4) is 0 Å². The quantitative estimate of drug-likeness (QED) is 0.890. The minimum Gasteiger partial charge on any atom is -0.489 e. The van der Waals surface area contributed by atoms with Crippen LogP contribution in [-0.2, 0) is 5.41 Å². The third kappa shape index (κ3) is 4.39. The topological polar surface area (TPSA) is 21.3 Å². The summed E-state index contributed by atoms with van der Waals surface area (Å²) in [5.74, 6) is 1.04. The molecule has 0 saturated carbocycles. The highest BCUT2D eigenvalue weighted by atomic mass is 35.5. The van der Waals surface area contributed by atoms with Gasteiger partial charge in [0.15, 0.2) is 0 Å². The van der Waals surface area contributed by atoms with Gasteiger partial charge < -0.3 is 10.1 Å². The average Bonchev–Trinajstić information content (AvgIpc) is 2.32. The van der Waals surface area contributed by atoms with E-state index in [1.165, 1.54) is 17.5 Å². The first-order valence-corrected chi connectivity index (χ1v) is 6.95. The van der Waals surface area contributed by atoms with E-state index in [0.29, 0.717) is 6.10 Å². The lowest BCUT2D eigenvalue weighted by Crippen LogP contribution is -2.37. The Morgan fingerprint density at radius 2 is 2.00 bits per heavy atom. The molecule has 0 amide bonds. The molecule has 0 aliphatic carbocycles. The van der Waals surface area contributed by atoms with E-state index in [2.05, 4.69) is 51.2 Å².